The highest BCUT2D eigenvalue weighted by atomic mass is 16.5. The fourth-order valence-electron chi connectivity index (χ4n) is 1.39. The second kappa shape index (κ2) is 4.79. The van der Waals surface area contributed by atoms with E-state index < -0.39 is 0 Å². The molecule has 2 atom stereocenters. The quantitative estimate of drug-likeness (QED) is 0.494. The first-order valence-electron chi connectivity index (χ1n) is 4.60. The van der Waals surface area contributed by atoms with E-state index in [0.29, 0.717) is 12.8 Å². The summed E-state index contributed by atoms with van der Waals surface area (Å²) in [5.74, 6) is -0.573. The van der Waals surface area contributed by atoms with Crippen molar-refractivity contribution in [2.24, 2.45) is 0 Å². The maximum atomic E-state index is 10.6. The third kappa shape index (κ3) is 3.60. The van der Waals surface area contributed by atoms with E-state index in [1.165, 1.54) is 13.8 Å². The van der Waals surface area contributed by atoms with Crippen molar-refractivity contribution < 1.29 is 19.1 Å². The summed E-state index contributed by atoms with van der Waals surface area (Å²) < 4.78 is 9.96. The highest BCUT2D eigenvalue weighted by molar-refractivity contribution is 5.67. The van der Waals surface area contributed by atoms with Gasteiger partial charge in [-0.2, -0.15) is 0 Å². The Labute approximate surface area is 82.9 Å². The van der Waals surface area contributed by atoms with Gasteiger partial charge >= 0.3 is 11.9 Å². The normalized spacial score (nSPS) is 25.6. The molecular formula is C10H14O4. The lowest BCUT2D eigenvalue weighted by Gasteiger charge is -2.22. The predicted octanol–water partition coefficient (Wildman–Crippen LogP) is 1.20. The van der Waals surface area contributed by atoms with Crippen LogP contribution in [0.2, 0.25) is 0 Å². The molecule has 0 radical (unpaired) electrons. The number of rotatable bonds is 2. The summed E-state index contributed by atoms with van der Waals surface area (Å²) in [5, 5.41) is 0. The summed E-state index contributed by atoms with van der Waals surface area (Å²) in [6.07, 6.45) is 4.60. The molecule has 0 spiro atoms. The molecule has 0 aromatic rings. The average Bonchev–Trinajstić information content (AvgIpc) is 2.06. The molecule has 0 saturated carbocycles. The van der Waals surface area contributed by atoms with E-state index >= 15 is 0 Å². The maximum absolute atomic E-state index is 10.6. The van der Waals surface area contributed by atoms with Crippen molar-refractivity contribution in [3.05, 3.63) is 12.2 Å². The molecule has 0 heterocycles. The zero-order valence-corrected chi connectivity index (χ0v) is 8.36. The Morgan fingerprint density at radius 1 is 1.00 bits per heavy atom. The van der Waals surface area contributed by atoms with Crippen LogP contribution < -0.4 is 0 Å². The Kier molecular flexibility index (Phi) is 3.68. The van der Waals surface area contributed by atoms with Gasteiger partial charge in [0.2, 0.25) is 0 Å². The van der Waals surface area contributed by atoms with Gasteiger partial charge in [0.1, 0.15) is 12.2 Å². The van der Waals surface area contributed by atoms with Gasteiger partial charge < -0.3 is 9.47 Å². The van der Waals surface area contributed by atoms with Crippen molar-refractivity contribution in [2.45, 2.75) is 38.9 Å². The van der Waals surface area contributed by atoms with Crippen LogP contribution in [0.4, 0.5) is 0 Å². The summed E-state index contributed by atoms with van der Waals surface area (Å²) in [6, 6.07) is 0. The zero-order valence-electron chi connectivity index (χ0n) is 8.36. The van der Waals surface area contributed by atoms with Gasteiger partial charge in [-0.1, -0.05) is 0 Å². The highest BCUT2D eigenvalue weighted by Crippen LogP contribution is 2.17. The molecule has 0 aromatic carbocycles. The largest absolute Gasteiger partial charge is 0.458 e. The summed E-state index contributed by atoms with van der Waals surface area (Å²) >= 11 is 0. The van der Waals surface area contributed by atoms with Crippen molar-refractivity contribution in [3.63, 3.8) is 0 Å². The molecule has 0 bridgehead atoms. The summed E-state index contributed by atoms with van der Waals surface area (Å²) in [6.45, 7) is 2.76. The molecule has 0 fully saturated rings. The Bertz CT molecular complexity index is 231. The maximum Gasteiger partial charge on any atom is 0.303 e. The number of hydrogen-bond acceptors (Lipinski definition) is 4. The second-order valence-corrected chi connectivity index (χ2v) is 3.26. The van der Waals surface area contributed by atoms with Gasteiger partial charge in [0.25, 0.3) is 0 Å². The first-order chi connectivity index (χ1) is 6.58. The molecule has 1 unspecified atom stereocenters. The average molecular weight is 198 g/mol. The Morgan fingerprint density at radius 2 is 1.36 bits per heavy atom. The molecule has 78 valence electrons. The molecular weight excluding hydrogens is 184 g/mol. The van der Waals surface area contributed by atoms with Crippen molar-refractivity contribution in [1.82, 2.24) is 0 Å². The van der Waals surface area contributed by atoms with Crippen LogP contribution in [0.15, 0.2) is 12.2 Å². The van der Waals surface area contributed by atoms with Gasteiger partial charge in [-0.25, -0.2) is 0 Å². The SMILES string of the molecule is CC(=O)OC1C=C[C@H](OC(C)=O)CC1. The van der Waals surface area contributed by atoms with Gasteiger partial charge in [0.15, 0.2) is 0 Å². The lowest BCUT2D eigenvalue weighted by molar-refractivity contribution is -0.148. The summed E-state index contributed by atoms with van der Waals surface area (Å²) in [5.41, 5.74) is 0. The van der Waals surface area contributed by atoms with Gasteiger partial charge in [-0.15, -0.1) is 0 Å². The molecule has 14 heavy (non-hydrogen) atoms. The topological polar surface area (TPSA) is 52.6 Å². The Morgan fingerprint density at radius 3 is 1.57 bits per heavy atom. The van der Waals surface area contributed by atoms with E-state index in [-0.39, 0.29) is 24.1 Å². The first-order valence-corrected chi connectivity index (χ1v) is 4.60. The second-order valence-electron chi connectivity index (χ2n) is 3.26. The lowest BCUT2D eigenvalue weighted by Crippen LogP contribution is -2.24. The van der Waals surface area contributed by atoms with E-state index in [0.717, 1.165) is 0 Å². The molecule has 0 aromatic heterocycles. The van der Waals surface area contributed by atoms with Gasteiger partial charge in [-0.3, -0.25) is 9.59 Å². The van der Waals surface area contributed by atoms with Crippen LogP contribution in [0.5, 0.6) is 0 Å². The van der Waals surface area contributed by atoms with Crippen LogP contribution in [0.3, 0.4) is 0 Å². The Balaban J connectivity index is 2.39. The number of ether oxygens (including phenoxy) is 2. The van der Waals surface area contributed by atoms with E-state index in [4.69, 9.17) is 9.47 Å². The number of hydrogen-bond donors (Lipinski definition) is 0. The third-order valence-corrected chi connectivity index (χ3v) is 1.91. The van der Waals surface area contributed by atoms with Gasteiger partial charge in [-0.05, 0) is 25.0 Å². The van der Waals surface area contributed by atoms with Crippen LogP contribution in [0.1, 0.15) is 26.7 Å². The van der Waals surface area contributed by atoms with Crippen LogP contribution in [-0.2, 0) is 19.1 Å². The van der Waals surface area contributed by atoms with Crippen LogP contribution in [0.25, 0.3) is 0 Å². The van der Waals surface area contributed by atoms with E-state index in [1.807, 2.05) is 0 Å². The van der Waals surface area contributed by atoms with Crippen molar-refractivity contribution in [2.75, 3.05) is 0 Å². The molecule has 0 amide bonds. The minimum Gasteiger partial charge on any atom is -0.458 e. The van der Waals surface area contributed by atoms with Crippen molar-refractivity contribution >= 4 is 11.9 Å². The third-order valence-electron chi connectivity index (χ3n) is 1.91. The van der Waals surface area contributed by atoms with Crippen LogP contribution >= 0.6 is 0 Å². The number of esters is 2. The molecule has 0 N–H and O–H groups in total. The molecule has 4 heteroatoms. The monoisotopic (exact) mass is 198 g/mol. The molecule has 1 aliphatic rings. The molecule has 1 rings (SSSR count). The molecule has 0 aliphatic heterocycles. The zero-order chi connectivity index (χ0) is 10.6. The minimum absolute atomic E-state index is 0.167. The first kappa shape index (κ1) is 10.8. The fourth-order valence-corrected chi connectivity index (χ4v) is 1.39. The van der Waals surface area contributed by atoms with Gasteiger partial charge in [0.05, 0.1) is 0 Å². The van der Waals surface area contributed by atoms with Gasteiger partial charge in [0, 0.05) is 13.8 Å². The van der Waals surface area contributed by atoms with E-state index in [2.05, 4.69) is 0 Å². The standard InChI is InChI=1S/C10H14O4/c1-7(11)13-9-3-5-10(6-4-9)14-8(2)12/h3,5,9-10H,4,6H2,1-2H3/t9-,10?/m0/s1. The number of carbonyl (C=O) groups is 2. The van der Waals surface area contributed by atoms with E-state index in [9.17, 15) is 9.59 Å². The molecule has 1 aliphatic carbocycles. The minimum atomic E-state index is -0.286. The fraction of sp³-hybridized carbons (Fsp3) is 0.600. The summed E-state index contributed by atoms with van der Waals surface area (Å²) in [7, 11) is 0. The smallest absolute Gasteiger partial charge is 0.303 e. The van der Waals surface area contributed by atoms with Crippen LogP contribution in [0, 0.1) is 0 Å². The molecule has 4 nitrogen and oxygen atoms in total. The lowest BCUT2D eigenvalue weighted by atomic mass is 10.0. The molecule has 0 saturated heterocycles. The van der Waals surface area contributed by atoms with Crippen LogP contribution in [-0.4, -0.2) is 24.1 Å². The van der Waals surface area contributed by atoms with Crippen molar-refractivity contribution in [1.29, 1.82) is 0 Å². The predicted molar refractivity (Wildman–Crippen MR) is 49.5 cm³/mol. The van der Waals surface area contributed by atoms with E-state index in [1.54, 1.807) is 12.2 Å². The Hall–Kier alpha value is -1.32. The van der Waals surface area contributed by atoms with Crippen molar-refractivity contribution in [3.8, 4) is 0 Å². The number of carbonyl (C=O) groups excluding carboxylic acids is 2. The highest BCUT2D eigenvalue weighted by Gasteiger charge is 2.19. The summed E-state index contributed by atoms with van der Waals surface area (Å²) in [4.78, 5) is 21.3.